The second-order valence-electron chi connectivity index (χ2n) is 7.91. The SMILES string of the molecule is COc1cc(C(=Cc2nc3ccc(C)cc3o2)c2cc(OC)c(OC)c(OC)c2)cc(OC)c1OC. The highest BCUT2D eigenvalue weighted by molar-refractivity contribution is 5.93. The van der Waals surface area contributed by atoms with Crippen LogP contribution in [0.4, 0.5) is 0 Å². The average molecular weight is 492 g/mol. The van der Waals surface area contributed by atoms with E-state index >= 15 is 0 Å². The van der Waals surface area contributed by atoms with E-state index in [2.05, 4.69) is 4.98 Å². The van der Waals surface area contributed by atoms with Gasteiger partial charge in [-0.05, 0) is 65.6 Å². The van der Waals surface area contributed by atoms with Gasteiger partial charge in [-0.2, -0.15) is 0 Å². The van der Waals surface area contributed by atoms with Gasteiger partial charge < -0.3 is 32.8 Å². The second kappa shape index (κ2) is 10.5. The molecule has 0 fully saturated rings. The molecule has 8 heteroatoms. The first-order valence-electron chi connectivity index (χ1n) is 11.2. The topological polar surface area (TPSA) is 81.4 Å². The molecule has 0 radical (unpaired) electrons. The lowest BCUT2D eigenvalue weighted by Gasteiger charge is -2.18. The van der Waals surface area contributed by atoms with E-state index in [1.807, 2.05) is 55.5 Å². The Hall–Kier alpha value is -4.33. The largest absolute Gasteiger partial charge is 0.493 e. The molecule has 188 valence electrons. The molecule has 0 atom stereocenters. The van der Waals surface area contributed by atoms with Gasteiger partial charge in [-0.3, -0.25) is 0 Å². The molecule has 0 spiro atoms. The quantitative estimate of drug-likeness (QED) is 0.292. The maximum Gasteiger partial charge on any atom is 0.220 e. The Morgan fingerprint density at radius 1 is 0.667 bits per heavy atom. The third kappa shape index (κ3) is 4.62. The Morgan fingerprint density at radius 3 is 1.56 bits per heavy atom. The number of aryl methyl sites for hydroxylation is 1. The van der Waals surface area contributed by atoms with Crippen molar-refractivity contribution in [3.05, 3.63) is 65.0 Å². The van der Waals surface area contributed by atoms with Crippen LogP contribution in [-0.4, -0.2) is 47.6 Å². The number of aromatic nitrogens is 1. The fourth-order valence-electron chi connectivity index (χ4n) is 4.04. The Labute approximate surface area is 210 Å². The van der Waals surface area contributed by atoms with Crippen LogP contribution in [0.15, 0.2) is 46.9 Å². The molecule has 4 aromatic rings. The van der Waals surface area contributed by atoms with Crippen LogP contribution in [0.1, 0.15) is 22.6 Å². The maximum absolute atomic E-state index is 6.08. The molecule has 0 N–H and O–H groups in total. The van der Waals surface area contributed by atoms with Gasteiger partial charge in [-0.25, -0.2) is 4.98 Å². The second-order valence-corrected chi connectivity index (χ2v) is 7.91. The summed E-state index contributed by atoms with van der Waals surface area (Å²) < 4.78 is 39.5. The van der Waals surface area contributed by atoms with Crippen LogP contribution in [0, 0.1) is 6.92 Å². The molecule has 0 unspecified atom stereocenters. The molecule has 1 heterocycles. The van der Waals surface area contributed by atoms with Crippen molar-refractivity contribution < 1.29 is 32.8 Å². The number of rotatable bonds is 9. The van der Waals surface area contributed by atoms with E-state index in [9.17, 15) is 0 Å². The predicted octanol–water partition coefficient (Wildman–Crippen LogP) is 5.78. The van der Waals surface area contributed by atoms with Gasteiger partial charge in [0.05, 0.1) is 42.7 Å². The van der Waals surface area contributed by atoms with Crippen molar-refractivity contribution >= 4 is 22.7 Å². The van der Waals surface area contributed by atoms with E-state index in [4.69, 9.17) is 32.8 Å². The van der Waals surface area contributed by atoms with Gasteiger partial charge in [0.15, 0.2) is 28.6 Å². The Bertz CT molecular complexity index is 1310. The minimum Gasteiger partial charge on any atom is -0.493 e. The normalized spacial score (nSPS) is 10.6. The summed E-state index contributed by atoms with van der Waals surface area (Å²) >= 11 is 0. The molecular weight excluding hydrogens is 462 g/mol. The molecule has 0 bridgehead atoms. The molecule has 3 aromatic carbocycles. The number of hydrogen-bond donors (Lipinski definition) is 0. The minimum absolute atomic E-state index is 0.438. The first-order valence-corrected chi connectivity index (χ1v) is 11.2. The fourth-order valence-corrected chi connectivity index (χ4v) is 4.04. The summed E-state index contributed by atoms with van der Waals surface area (Å²) in [4.78, 5) is 4.67. The number of benzene rings is 3. The van der Waals surface area contributed by atoms with Gasteiger partial charge in [0.25, 0.3) is 0 Å². The Balaban J connectivity index is 2.01. The van der Waals surface area contributed by atoms with Crippen molar-refractivity contribution in [1.29, 1.82) is 0 Å². The van der Waals surface area contributed by atoms with Gasteiger partial charge in [-0.15, -0.1) is 0 Å². The standard InChI is InChI=1S/C28H29NO7/c1-16-8-9-20-21(10-16)36-26(29-20)15-19(17-11-22(30-2)27(34-6)23(12-17)31-3)18-13-24(32-4)28(35-7)25(14-18)33-5/h8-15H,1-7H3. The van der Waals surface area contributed by atoms with Crippen molar-refractivity contribution in [1.82, 2.24) is 4.98 Å². The summed E-state index contributed by atoms with van der Waals surface area (Å²) in [6.07, 6.45) is 1.86. The molecule has 1 aromatic heterocycles. The van der Waals surface area contributed by atoms with E-state index < -0.39 is 0 Å². The zero-order valence-electron chi connectivity index (χ0n) is 21.4. The summed E-state index contributed by atoms with van der Waals surface area (Å²) in [5, 5.41) is 0. The van der Waals surface area contributed by atoms with Crippen molar-refractivity contribution in [3.8, 4) is 34.5 Å². The van der Waals surface area contributed by atoms with E-state index in [0.717, 1.165) is 27.8 Å². The van der Waals surface area contributed by atoms with Crippen LogP contribution in [0.2, 0.25) is 0 Å². The van der Waals surface area contributed by atoms with Gasteiger partial charge in [0.2, 0.25) is 17.4 Å². The molecule has 36 heavy (non-hydrogen) atoms. The first kappa shape index (κ1) is 24.8. The van der Waals surface area contributed by atoms with Crippen molar-refractivity contribution in [2.75, 3.05) is 42.7 Å². The number of methoxy groups -OCH3 is 6. The maximum atomic E-state index is 6.08. The van der Waals surface area contributed by atoms with E-state index in [1.165, 1.54) is 0 Å². The molecule has 8 nitrogen and oxygen atoms in total. The lowest BCUT2D eigenvalue weighted by molar-refractivity contribution is 0.324. The molecular formula is C28H29NO7. The lowest BCUT2D eigenvalue weighted by atomic mass is 9.95. The molecule has 0 aliphatic carbocycles. The summed E-state index contributed by atoms with van der Waals surface area (Å²) in [5.41, 5.74) is 4.87. The van der Waals surface area contributed by atoms with Crippen LogP contribution >= 0.6 is 0 Å². The third-order valence-corrected chi connectivity index (χ3v) is 5.78. The van der Waals surface area contributed by atoms with Crippen LogP contribution < -0.4 is 28.4 Å². The van der Waals surface area contributed by atoms with E-state index in [0.29, 0.717) is 46.0 Å². The number of oxazole rings is 1. The zero-order valence-corrected chi connectivity index (χ0v) is 21.4. The third-order valence-electron chi connectivity index (χ3n) is 5.78. The van der Waals surface area contributed by atoms with Gasteiger partial charge >= 0.3 is 0 Å². The average Bonchev–Trinajstić information content (AvgIpc) is 3.31. The molecule has 4 rings (SSSR count). The zero-order chi connectivity index (χ0) is 25.8. The van der Waals surface area contributed by atoms with E-state index in [-0.39, 0.29) is 0 Å². The van der Waals surface area contributed by atoms with Crippen LogP contribution in [-0.2, 0) is 0 Å². The van der Waals surface area contributed by atoms with Crippen LogP contribution in [0.5, 0.6) is 34.5 Å². The van der Waals surface area contributed by atoms with Crippen molar-refractivity contribution in [2.45, 2.75) is 6.92 Å². The smallest absolute Gasteiger partial charge is 0.220 e. The molecule has 0 amide bonds. The van der Waals surface area contributed by atoms with Crippen molar-refractivity contribution in [3.63, 3.8) is 0 Å². The van der Waals surface area contributed by atoms with Gasteiger partial charge in [0.1, 0.15) is 5.52 Å². The number of hydrogen-bond acceptors (Lipinski definition) is 8. The van der Waals surface area contributed by atoms with Crippen molar-refractivity contribution in [2.24, 2.45) is 0 Å². The fraction of sp³-hybridized carbons (Fsp3) is 0.250. The van der Waals surface area contributed by atoms with E-state index in [1.54, 1.807) is 42.7 Å². The minimum atomic E-state index is 0.438. The Kier molecular flexibility index (Phi) is 7.24. The predicted molar refractivity (Wildman–Crippen MR) is 138 cm³/mol. The highest BCUT2D eigenvalue weighted by Gasteiger charge is 2.21. The number of fused-ring (bicyclic) bond motifs is 1. The molecule has 0 aliphatic heterocycles. The molecule has 0 aliphatic rings. The van der Waals surface area contributed by atoms with Gasteiger partial charge in [-0.1, -0.05) is 6.07 Å². The van der Waals surface area contributed by atoms with Crippen LogP contribution in [0.3, 0.4) is 0 Å². The molecule has 0 saturated carbocycles. The van der Waals surface area contributed by atoms with Crippen LogP contribution in [0.25, 0.3) is 22.7 Å². The van der Waals surface area contributed by atoms with Gasteiger partial charge in [0, 0.05) is 6.08 Å². The Morgan fingerprint density at radius 2 is 1.14 bits per heavy atom. The first-order chi connectivity index (χ1) is 17.5. The molecule has 0 saturated heterocycles. The summed E-state index contributed by atoms with van der Waals surface area (Å²) in [7, 11) is 9.44. The monoisotopic (exact) mass is 491 g/mol. The lowest BCUT2D eigenvalue weighted by Crippen LogP contribution is -2.00. The highest BCUT2D eigenvalue weighted by Crippen LogP contribution is 2.45. The summed E-state index contributed by atoms with van der Waals surface area (Å²) in [5.74, 6) is 3.47. The summed E-state index contributed by atoms with van der Waals surface area (Å²) in [6, 6.07) is 13.3. The highest BCUT2D eigenvalue weighted by atomic mass is 16.5. The summed E-state index contributed by atoms with van der Waals surface area (Å²) in [6.45, 7) is 2.01. The number of nitrogens with zero attached hydrogens (tertiary/aromatic N) is 1. The number of ether oxygens (including phenoxy) is 6.